The van der Waals surface area contributed by atoms with Crippen molar-refractivity contribution in [3.8, 4) is 0 Å². The van der Waals surface area contributed by atoms with Gasteiger partial charge in [-0.2, -0.15) is 0 Å². The summed E-state index contributed by atoms with van der Waals surface area (Å²) in [6.45, 7) is 2.92. The van der Waals surface area contributed by atoms with Crippen LogP contribution in [-0.4, -0.2) is 59.6 Å². The Kier molecular flexibility index (Phi) is 7.05. The first-order chi connectivity index (χ1) is 9.18. The van der Waals surface area contributed by atoms with Gasteiger partial charge in [-0.3, -0.25) is 9.59 Å². The van der Waals surface area contributed by atoms with Crippen LogP contribution in [0.15, 0.2) is 0 Å². The lowest BCUT2D eigenvalue weighted by molar-refractivity contribution is -0.147. The summed E-state index contributed by atoms with van der Waals surface area (Å²) in [4.78, 5) is 45.9. The summed E-state index contributed by atoms with van der Waals surface area (Å²) in [5.74, 6) is -2.89. The van der Waals surface area contributed by atoms with E-state index in [1.807, 2.05) is 0 Å². The van der Waals surface area contributed by atoms with E-state index in [0.29, 0.717) is 0 Å². The summed E-state index contributed by atoms with van der Waals surface area (Å²) in [7, 11) is 1.11. The molecule has 0 aromatic carbocycles. The molecule has 0 aromatic heterocycles. The van der Waals surface area contributed by atoms with Gasteiger partial charge in [0.15, 0.2) is 0 Å². The van der Waals surface area contributed by atoms with E-state index >= 15 is 0 Å². The Morgan fingerprint density at radius 1 is 1.30 bits per heavy atom. The second kappa shape index (κ2) is 7.97. The molecule has 0 aliphatic carbocycles. The van der Waals surface area contributed by atoms with Crippen molar-refractivity contribution in [2.24, 2.45) is 5.73 Å². The van der Waals surface area contributed by atoms with Crippen LogP contribution < -0.4 is 11.1 Å². The molecule has 0 saturated heterocycles. The fraction of sp³-hybridized carbons (Fsp3) is 0.636. The van der Waals surface area contributed by atoms with E-state index in [0.717, 1.165) is 12.0 Å². The number of carboxylic acid groups (broad SMARTS) is 1. The molecule has 3 amide bonds. The Bertz CT molecular complexity index is 396. The van der Waals surface area contributed by atoms with Crippen molar-refractivity contribution >= 4 is 23.9 Å². The maximum Gasteiger partial charge on any atom is 0.326 e. The molecule has 4 N–H and O–H groups in total. The van der Waals surface area contributed by atoms with Gasteiger partial charge in [0.25, 0.3) is 0 Å². The Balaban J connectivity index is 4.83. The second-order valence-electron chi connectivity index (χ2n) is 4.31. The molecule has 0 aromatic rings. The molecule has 1 atom stereocenters. The molecule has 0 heterocycles. The number of rotatable bonds is 7. The predicted octanol–water partition coefficient (Wildman–Crippen LogP) is -1.09. The molecular weight excluding hydrogens is 270 g/mol. The number of nitrogens with two attached hydrogens (primary N) is 1. The van der Waals surface area contributed by atoms with Crippen molar-refractivity contribution in [2.45, 2.75) is 32.4 Å². The van der Waals surface area contributed by atoms with E-state index in [-0.39, 0.29) is 12.6 Å². The molecule has 0 aliphatic rings. The van der Waals surface area contributed by atoms with Gasteiger partial charge in [0, 0.05) is 6.04 Å². The zero-order chi connectivity index (χ0) is 15.9. The van der Waals surface area contributed by atoms with Gasteiger partial charge in [-0.05, 0) is 13.8 Å². The van der Waals surface area contributed by atoms with Crippen LogP contribution in [0.4, 0.5) is 4.79 Å². The number of ether oxygens (including phenoxy) is 1. The number of amides is 3. The van der Waals surface area contributed by atoms with Crippen LogP contribution >= 0.6 is 0 Å². The molecule has 0 unspecified atom stereocenters. The monoisotopic (exact) mass is 289 g/mol. The van der Waals surface area contributed by atoms with E-state index in [2.05, 4.69) is 10.1 Å². The molecule has 9 heteroatoms. The average molecular weight is 289 g/mol. The number of methoxy groups -OCH3 is 1. The molecule has 9 nitrogen and oxygen atoms in total. The summed E-state index contributed by atoms with van der Waals surface area (Å²) in [5.41, 5.74) is 5.01. The van der Waals surface area contributed by atoms with E-state index in [1.54, 1.807) is 13.8 Å². The number of urea groups is 1. The third-order valence-corrected chi connectivity index (χ3v) is 2.40. The minimum absolute atomic E-state index is 0.353. The van der Waals surface area contributed by atoms with Gasteiger partial charge >= 0.3 is 18.0 Å². The zero-order valence-electron chi connectivity index (χ0n) is 11.6. The fourth-order valence-electron chi connectivity index (χ4n) is 1.34. The van der Waals surface area contributed by atoms with Gasteiger partial charge in [0.05, 0.1) is 13.5 Å². The first-order valence-electron chi connectivity index (χ1n) is 5.84. The van der Waals surface area contributed by atoms with Gasteiger partial charge < -0.3 is 25.8 Å². The number of nitrogens with zero attached hydrogens (tertiary/aromatic N) is 1. The number of primary amides is 1. The Morgan fingerprint density at radius 3 is 2.20 bits per heavy atom. The largest absolute Gasteiger partial charge is 0.480 e. The zero-order valence-corrected chi connectivity index (χ0v) is 11.6. The third kappa shape index (κ3) is 6.03. The smallest absolute Gasteiger partial charge is 0.326 e. The number of carboxylic acids is 1. The number of hydrogen-bond donors (Lipinski definition) is 3. The lowest BCUT2D eigenvalue weighted by Crippen LogP contribution is -2.52. The summed E-state index contributed by atoms with van der Waals surface area (Å²) in [5, 5.41) is 11.1. The molecule has 0 rings (SSSR count). The van der Waals surface area contributed by atoms with Crippen LogP contribution in [0.25, 0.3) is 0 Å². The molecule has 0 fully saturated rings. The summed E-state index contributed by atoms with van der Waals surface area (Å²) in [6, 6.07) is -2.60. The van der Waals surface area contributed by atoms with Crippen molar-refractivity contribution in [3.63, 3.8) is 0 Å². The van der Waals surface area contributed by atoms with Crippen molar-refractivity contribution in [2.75, 3.05) is 13.7 Å². The SMILES string of the molecule is COC(=O)C[C@H](NC(=O)N(CC(N)=O)C(C)C)C(=O)O. The third-order valence-electron chi connectivity index (χ3n) is 2.40. The maximum atomic E-state index is 11.9. The molecule has 0 radical (unpaired) electrons. The van der Waals surface area contributed by atoms with E-state index in [9.17, 15) is 19.2 Å². The summed E-state index contributed by atoms with van der Waals surface area (Å²) < 4.78 is 4.34. The van der Waals surface area contributed by atoms with Crippen LogP contribution in [0.1, 0.15) is 20.3 Å². The molecule has 20 heavy (non-hydrogen) atoms. The van der Waals surface area contributed by atoms with E-state index < -0.39 is 36.3 Å². The number of carbonyl (C=O) groups is 4. The number of hydrogen-bond acceptors (Lipinski definition) is 5. The minimum Gasteiger partial charge on any atom is -0.480 e. The van der Waals surface area contributed by atoms with Gasteiger partial charge in [-0.25, -0.2) is 9.59 Å². The van der Waals surface area contributed by atoms with Crippen LogP contribution in [0.3, 0.4) is 0 Å². The van der Waals surface area contributed by atoms with Crippen molar-refractivity contribution < 1.29 is 29.0 Å². The molecular formula is C11H19N3O6. The van der Waals surface area contributed by atoms with Gasteiger partial charge in [-0.1, -0.05) is 0 Å². The highest BCUT2D eigenvalue weighted by Gasteiger charge is 2.27. The number of aliphatic carboxylic acids is 1. The fourth-order valence-corrected chi connectivity index (χ4v) is 1.34. The summed E-state index contributed by atoms with van der Waals surface area (Å²) in [6.07, 6.45) is -0.514. The van der Waals surface area contributed by atoms with Crippen molar-refractivity contribution in [1.82, 2.24) is 10.2 Å². The van der Waals surface area contributed by atoms with Gasteiger partial charge in [0.1, 0.15) is 12.6 Å². The minimum atomic E-state index is -1.44. The highest BCUT2D eigenvalue weighted by Crippen LogP contribution is 2.02. The Labute approximate surface area is 116 Å². The summed E-state index contributed by atoms with van der Waals surface area (Å²) >= 11 is 0. The highest BCUT2D eigenvalue weighted by atomic mass is 16.5. The number of esters is 1. The lowest BCUT2D eigenvalue weighted by Gasteiger charge is -2.27. The van der Waals surface area contributed by atoms with Crippen molar-refractivity contribution in [1.29, 1.82) is 0 Å². The van der Waals surface area contributed by atoms with Crippen LogP contribution in [0, 0.1) is 0 Å². The van der Waals surface area contributed by atoms with Crippen molar-refractivity contribution in [3.05, 3.63) is 0 Å². The molecule has 114 valence electrons. The van der Waals surface area contributed by atoms with Crippen LogP contribution in [0.5, 0.6) is 0 Å². The number of nitrogens with one attached hydrogen (secondary N) is 1. The predicted molar refractivity (Wildman–Crippen MR) is 67.6 cm³/mol. The highest BCUT2D eigenvalue weighted by molar-refractivity contribution is 5.88. The first-order valence-corrected chi connectivity index (χ1v) is 5.84. The quantitative estimate of drug-likeness (QED) is 0.509. The Hall–Kier alpha value is -2.32. The first kappa shape index (κ1) is 17.7. The van der Waals surface area contributed by atoms with Gasteiger partial charge in [0.2, 0.25) is 5.91 Å². The van der Waals surface area contributed by atoms with E-state index in [1.165, 1.54) is 0 Å². The van der Waals surface area contributed by atoms with Crippen LogP contribution in [0.2, 0.25) is 0 Å². The topological polar surface area (TPSA) is 139 Å². The molecule has 0 bridgehead atoms. The standard InChI is InChI=1S/C11H19N3O6/c1-6(2)14(5-8(12)15)11(19)13-7(10(17)18)4-9(16)20-3/h6-7H,4-5H2,1-3H3,(H2,12,15)(H,13,19)(H,17,18)/t7-/m0/s1. The number of carbonyl (C=O) groups excluding carboxylic acids is 3. The normalized spacial score (nSPS) is 11.6. The van der Waals surface area contributed by atoms with Gasteiger partial charge in [-0.15, -0.1) is 0 Å². The maximum absolute atomic E-state index is 11.9. The molecule has 0 saturated carbocycles. The molecule has 0 aliphatic heterocycles. The lowest BCUT2D eigenvalue weighted by atomic mass is 10.2. The second-order valence-corrected chi connectivity index (χ2v) is 4.31. The molecule has 0 spiro atoms. The average Bonchev–Trinajstić information content (AvgIpc) is 2.33. The van der Waals surface area contributed by atoms with E-state index in [4.69, 9.17) is 10.8 Å². The Morgan fingerprint density at radius 2 is 1.85 bits per heavy atom. The van der Waals surface area contributed by atoms with Crippen LogP contribution in [-0.2, 0) is 19.1 Å².